The van der Waals surface area contributed by atoms with Gasteiger partial charge in [-0.1, -0.05) is 51.4 Å². The maximum atomic E-state index is 13.5. The predicted octanol–water partition coefficient (Wildman–Crippen LogP) is 2.99. The lowest BCUT2D eigenvalue weighted by Crippen LogP contribution is -2.57. The Morgan fingerprint density at radius 1 is 1.03 bits per heavy atom. The predicted molar refractivity (Wildman–Crippen MR) is 135 cm³/mol. The van der Waals surface area contributed by atoms with Crippen LogP contribution in [0, 0.1) is 11.3 Å². The molecule has 2 heterocycles. The van der Waals surface area contributed by atoms with Crippen LogP contribution in [-0.4, -0.2) is 84.3 Å². The Bertz CT molecular complexity index is 879. The molecule has 1 unspecified atom stereocenters. The molecule has 0 saturated carbocycles. The Morgan fingerprint density at radius 3 is 2.18 bits per heavy atom. The van der Waals surface area contributed by atoms with E-state index in [0.29, 0.717) is 45.2 Å². The van der Waals surface area contributed by atoms with Crippen LogP contribution in [0.2, 0.25) is 5.02 Å². The quantitative estimate of drug-likeness (QED) is 0.665. The first-order valence-electron chi connectivity index (χ1n) is 12.3. The summed E-state index contributed by atoms with van der Waals surface area (Å²) >= 11 is 6.07. The zero-order chi connectivity index (χ0) is 25.0. The van der Waals surface area contributed by atoms with Crippen molar-refractivity contribution in [2.24, 2.45) is 11.3 Å². The highest BCUT2D eigenvalue weighted by Crippen LogP contribution is 2.42. The molecule has 0 bridgehead atoms. The average Bonchev–Trinajstić information content (AvgIpc) is 2.77. The first kappa shape index (κ1) is 26.5. The number of piperazine rings is 1. The number of rotatable bonds is 6. The van der Waals surface area contributed by atoms with E-state index in [1.54, 1.807) is 11.8 Å². The number of nitrogens with one attached hydrogen (secondary N) is 1. The smallest absolute Gasteiger partial charge is 0.245 e. The summed E-state index contributed by atoms with van der Waals surface area (Å²) in [6.45, 7) is 14.1. The largest absolute Gasteiger partial charge is 0.343 e. The van der Waals surface area contributed by atoms with E-state index in [9.17, 15) is 14.4 Å². The van der Waals surface area contributed by atoms with E-state index in [2.05, 4.69) is 31.3 Å². The van der Waals surface area contributed by atoms with Crippen molar-refractivity contribution in [1.29, 1.82) is 0 Å². The van der Waals surface area contributed by atoms with Gasteiger partial charge in [0.05, 0.1) is 6.54 Å². The van der Waals surface area contributed by atoms with Crippen molar-refractivity contribution in [3.63, 3.8) is 0 Å². The molecule has 3 amide bonds. The minimum atomic E-state index is -0.547. The molecule has 34 heavy (non-hydrogen) atoms. The molecular weight excluding hydrogens is 452 g/mol. The normalized spacial score (nSPS) is 21.9. The van der Waals surface area contributed by atoms with Gasteiger partial charge >= 0.3 is 0 Å². The molecule has 2 fully saturated rings. The molecule has 2 aliphatic rings. The molecule has 2 aliphatic heterocycles. The molecular formula is C26H39ClN4O3. The topological polar surface area (TPSA) is 73.0 Å². The summed E-state index contributed by atoms with van der Waals surface area (Å²) in [6, 6.07) is 7.47. The average molecular weight is 491 g/mol. The molecule has 2 atom stereocenters. The van der Waals surface area contributed by atoms with Crippen LogP contribution >= 0.6 is 11.6 Å². The Labute approximate surface area is 208 Å². The van der Waals surface area contributed by atoms with Crippen LogP contribution in [0.4, 0.5) is 0 Å². The minimum Gasteiger partial charge on any atom is -0.343 e. The summed E-state index contributed by atoms with van der Waals surface area (Å²) < 4.78 is 0. The lowest BCUT2D eigenvalue weighted by molar-refractivity contribution is -0.141. The van der Waals surface area contributed by atoms with Gasteiger partial charge in [0, 0.05) is 51.2 Å². The number of carbonyl (C=O) groups excluding carboxylic acids is 3. The fourth-order valence-corrected chi connectivity index (χ4v) is 5.34. The highest BCUT2D eigenvalue weighted by Gasteiger charge is 2.40. The number of amides is 3. The maximum absolute atomic E-state index is 13.5. The molecule has 0 aliphatic carbocycles. The van der Waals surface area contributed by atoms with Crippen molar-refractivity contribution in [1.82, 2.24) is 20.0 Å². The van der Waals surface area contributed by atoms with E-state index in [1.165, 1.54) is 5.56 Å². The number of benzene rings is 1. The van der Waals surface area contributed by atoms with Gasteiger partial charge in [-0.15, -0.1) is 0 Å². The zero-order valence-corrected chi connectivity index (χ0v) is 21.9. The number of likely N-dealkylation sites (tertiary alicyclic amines) is 1. The van der Waals surface area contributed by atoms with Gasteiger partial charge in [0.2, 0.25) is 17.7 Å². The Morgan fingerprint density at radius 2 is 1.65 bits per heavy atom. The van der Waals surface area contributed by atoms with Gasteiger partial charge in [-0.3, -0.25) is 19.3 Å². The van der Waals surface area contributed by atoms with Crippen molar-refractivity contribution in [3.05, 3.63) is 34.9 Å². The van der Waals surface area contributed by atoms with Crippen LogP contribution in [0.5, 0.6) is 0 Å². The van der Waals surface area contributed by atoms with E-state index in [0.717, 1.165) is 11.4 Å². The molecule has 7 nitrogen and oxygen atoms in total. The van der Waals surface area contributed by atoms with Crippen LogP contribution in [0.3, 0.4) is 0 Å². The van der Waals surface area contributed by atoms with Crippen molar-refractivity contribution in [2.75, 3.05) is 45.8 Å². The SMILES string of the molecule is CC(=O)N1CCN(CC(=O)N[C@@H](C(=O)N2CCC(c3ccc(Cl)cc3)C(C)(C)C2)C(C)C)CC1. The van der Waals surface area contributed by atoms with Crippen LogP contribution < -0.4 is 5.32 Å². The minimum absolute atomic E-state index is 0.00706. The molecule has 3 rings (SSSR count). The second-order valence-corrected chi connectivity index (χ2v) is 11.1. The summed E-state index contributed by atoms with van der Waals surface area (Å²) in [7, 11) is 0. The third-order valence-electron chi connectivity index (χ3n) is 7.25. The lowest BCUT2D eigenvalue weighted by atomic mass is 9.70. The van der Waals surface area contributed by atoms with Gasteiger partial charge < -0.3 is 15.1 Å². The fraction of sp³-hybridized carbons (Fsp3) is 0.654. The summed E-state index contributed by atoms with van der Waals surface area (Å²) in [4.78, 5) is 43.6. The van der Waals surface area contributed by atoms with Crippen LogP contribution in [0.25, 0.3) is 0 Å². The molecule has 188 valence electrons. The van der Waals surface area contributed by atoms with Crippen molar-refractivity contribution in [2.45, 2.75) is 53.0 Å². The number of hydrogen-bond acceptors (Lipinski definition) is 4. The Kier molecular flexibility index (Phi) is 8.63. The van der Waals surface area contributed by atoms with Gasteiger partial charge in [-0.05, 0) is 41.4 Å². The van der Waals surface area contributed by atoms with Gasteiger partial charge in [0.25, 0.3) is 0 Å². The van der Waals surface area contributed by atoms with E-state index in [4.69, 9.17) is 11.6 Å². The number of halogens is 1. The van der Waals surface area contributed by atoms with Crippen molar-refractivity contribution >= 4 is 29.3 Å². The molecule has 1 aromatic rings. The van der Waals surface area contributed by atoms with E-state index in [1.807, 2.05) is 35.8 Å². The van der Waals surface area contributed by atoms with Crippen LogP contribution in [0.15, 0.2) is 24.3 Å². The van der Waals surface area contributed by atoms with E-state index in [-0.39, 0.29) is 35.6 Å². The second kappa shape index (κ2) is 11.1. The van der Waals surface area contributed by atoms with E-state index < -0.39 is 6.04 Å². The molecule has 0 radical (unpaired) electrons. The zero-order valence-electron chi connectivity index (χ0n) is 21.1. The first-order chi connectivity index (χ1) is 16.0. The first-order valence-corrected chi connectivity index (χ1v) is 12.7. The summed E-state index contributed by atoms with van der Waals surface area (Å²) in [5, 5.41) is 3.73. The van der Waals surface area contributed by atoms with Gasteiger partial charge in [0.15, 0.2) is 0 Å². The highest BCUT2D eigenvalue weighted by molar-refractivity contribution is 6.30. The molecule has 8 heteroatoms. The van der Waals surface area contributed by atoms with Gasteiger partial charge in [-0.25, -0.2) is 0 Å². The molecule has 1 N–H and O–H groups in total. The fourth-order valence-electron chi connectivity index (χ4n) is 5.21. The maximum Gasteiger partial charge on any atom is 0.245 e. The number of hydrogen-bond donors (Lipinski definition) is 1. The molecule has 2 saturated heterocycles. The van der Waals surface area contributed by atoms with Crippen molar-refractivity contribution in [3.8, 4) is 0 Å². The number of piperidine rings is 1. The Balaban J connectivity index is 1.58. The monoisotopic (exact) mass is 490 g/mol. The number of carbonyl (C=O) groups is 3. The molecule has 0 aromatic heterocycles. The Hall–Kier alpha value is -2.12. The van der Waals surface area contributed by atoms with Crippen molar-refractivity contribution < 1.29 is 14.4 Å². The summed E-state index contributed by atoms with van der Waals surface area (Å²) in [6.07, 6.45) is 0.875. The van der Waals surface area contributed by atoms with Crippen LogP contribution in [0.1, 0.15) is 52.5 Å². The molecule has 1 aromatic carbocycles. The standard InChI is InChI=1S/C26H39ClN4O3/c1-18(2)24(28-23(33)16-29-12-14-30(15-13-29)19(3)32)25(34)31-11-10-22(26(4,5)17-31)20-6-8-21(27)9-7-20/h6-9,18,22,24H,10-17H2,1-5H3,(H,28,33)/t22?,24-/m1/s1. The van der Waals surface area contributed by atoms with Gasteiger partial charge in [0.1, 0.15) is 6.04 Å². The van der Waals surface area contributed by atoms with Crippen LogP contribution in [-0.2, 0) is 14.4 Å². The third-order valence-corrected chi connectivity index (χ3v) is 7.50. The number of nitrogens with zero attached hydrogens (tertiary/aromatic N) is 3. The summed E-state index contributed by atoms with van der Waals surface area (Å²) in [5.41, 5.74) is 1.16. The van der Waals surface area contributed by atoms with E-state index >= 15 is 0 Å². The highest BCUT2D eigenvalue weighted by atomic mass is 35.5. The lowest BCUT2D eigenvalue weighted by Gasteiger charge is -2.46. The van der Waals surface area contributed by atoms with Gasteiger partial charge in [-0.2, -0.15) is 0 Å². The third kappa shape index (κ3) is 6.51. The molecule has 0 spiro atoms. The second-order valence-electron chi connectivity index (χ2n) is 10.7. The summed E-state index contributed by atoms with van der Waals surface area (Å²) in [5.74, 6) is 0.251.